The van der Waals surface area contributed by atoms with E-state index in [9.17, 15) is 31.2 Å². The van der Waals surface area contributed by atoms with Gasteiger partial charge in [0.15, 0.2) is 6.10 Å². The second-order valence-corrected chi connectivity index (χ2v) is 12.3. The molecule has 4 rings (SSSR count). The Balaban J connectivity index is 1.40. The average molecular weight is 547 g/mol. The molecular weight excluding hydrogens is 513 g/mol. The summed E-state index contributed by atoms with van der Waals surface area (Å²) in [6.07, 6.45) is -3.74. The highest BCUT2D eigenvalue weighted by Gasteiger charge is 2.45. The van der Waals surface area contributed by atoms with Crippen LogP contribution in [-0.2, 0) is 32.5 Å². The van der Waals surface area contributed by atoms with Crippen LogP contribution in [0.3, 0.4) is 0 Å². The zero-order valence-corrected chi connectivity index (χ0v) is 21.8. The first-order valence-corrected chi connectivity index (χ1v) is 14.1. The van der Waals surface area contributed by atoms with Gasteiger partial charge in [-0.2, -0.15) is 13.2 Å². The van der Waals surface area contributed by atoms with Crippen molar-refractivity contribution in [2.45, 2.75) is 88.4 Å². The summed E-state index contributed by atoms with van der Waals surface area (Å²) in [5.41, 5.74) is 1.85. The van der Waals surface area contributed by atoms with E-state index in [1.165, 1.54) is 4.90 Å². The molecular formula is C24H33F3N4O5S. The first-order chi connectivity index (χ1) is 17.3. The zero-order valence-electron chi connectivity index (χ0n) is 21.0. The predicted molar refractivity (Wildman–Crippen MR) is 128 cm³/mol. The Bertz CT molecular complexity index is 1130. The number of amides is 2. The molecule has 0 bridgehead atoms. The van der Waals surface area contributed by atoms with Gasteiger partial charge in [-0.05, 0) is 70.5 Å². The van der Waals surface area contributed by atoms with Crippen molar-refractivity contribution in [2.75, 3.05) is 19.6 Å². The second-order valence-electron chi connectivity index (χ2n) is 10.3. The Morgan fingerprint density at radius 2 is 1.86 bits per heavy atom. The van der Waals surface area contributed by atoms with Crippen LogP contribution in [0.1, 0.15) is 62.4 Å². The number of alkyl halides is 3. The van der Waals surface area contributed by atoms with Gasteiger partial charge < -0.3 is 9.64 Å². The number of carbonyl (C=O) groups excluding carboxylic acids is 2. The first-order valence-electron chi connectivity index (χ1n) is 12.6. The third-order valence-corrected chi connectivity index (χ3v) is 9.41. The maximum atomic E-state index is 12.8. The van der Waals surface area contributed by atoms with Gasteiger partial charge in [0.2, 0.25) is 15.9 Å². The lowest BCUT2D eigenvalue weighted by Crippen LogP contribution is -2.53. The Morgan fingerprint density at radius 1 is 1.19 bits per heavy atom. The SMILES string of the molecule is Cc1ccc(CN2CCCC23CCN(C(=O)OC(C)C(F)(F)F)CC3)c(CC(=O)NS(=O)(=O)C2CC2)n1. The van der Waals surface area contributed by atoms with Gasteiger partial charge in [0.05, 0.1) is 17.4 Å². The molecule has 3 heterocycles. The third kappa shape index (κ3) is 6.54. The molecule has 2 saturated heterocycles. The quantitative estimate of drug-likeness (QED) is 0.560. The summed E-state index contributed by atoms with van der Waals surface area (Å²) in [6.45, 7) is 4.50. The molecule has 3 fully saturated rings. The minimum absolute atomic E-state index is 0.152. The number of pyridine rings is 1. The number of aryl methyl sites for hydroxylation is 1. The molecule has 9 nitrogen and oxygen atoms in total. The molecule has 1 N–H and O–H groups in total. The van der Waals surface area contributed by atoms with Crippen molar-refractivity contribution in [3.05, 3.63) is 29.1 Å². The summed E-state index contributed by atoms with van der Waals surface area (Å²) in [4.78, 5) is 32.9. The smallest absolute Gasteiger partial charge is 0.425 e. The van der Waals surface area contributed by atoms with Crippen molar-refractivity contribution < 1.29 is 35.9 Å². The van der Waals surface area contributed by atoms with Crippen LogP contribution in [0.25, 0.3) is 0 Å². The lowest BCUT2D eigenvalue weighted by atomic mass is 9.84. The fourth-order valence-corrected chi connectivity index (χ4v) is 6.47. The summed E-state index contributed by atoms with van der Waals surface area (Å²) in [7, 11) is -3.64. The van der Waals surface area contributed by atoms with Crippen molar-refractivity contribution in [1.82, 2.24) is 19.5 Å². The molecule has 2 amide bonds. The number of piperidine rings is 1. The van der Waals surface area contributed by atoms with Crippen molar-refractivity contribution >= 4 is 22.0 Å². The van der Waals surface area contributed by atoms with Gasteiger partial charge in [0.25, 0.3) is 0 Å². The predicted octanol–water partition coefficient (Wildman–Crippen LogP) is 3.06. The van der Waals surface area contributed by atoms with E-state index < -0.39 is 39.6 Å². The van der Waals surface area contributed by atoms with Crippen LogP contribution >= 0.6 is 0 Å². The molecule has 1 unspecified atom stereocenters. The summed E-state index contributed by atoms with van der Waals surface area (Å²) < 4.78 is 69.4. The number of aromatic nitrogens is 1. The van der Waals surface area contributed by atoms with Gasteiger partial charge in [-0.1, -0.05) is 6.07 Å². The molecule has 1 atom stereocenters. The fraction of sp³-hybridized carbons (Fsp3) is 0.708. The Kier molecular flexibility index (Phi) is 7.76. The number of sulfonamides is 1. The molecule has 1 aromatic rings. The number of ether oxygens (including phenoxy) is 1. The Hall–Kier alpha value is -2.41. The minimum atomic E-state index is -4.60. The molecule has 3 aliphatic rings. The van der Waals surface area contributed by atoms with Crippen molar-refractivity contribution in [3.8, 4) is 0 Å². The van der Waals surface area contributed by atoms with E-state index in [0.29, 0.717) is 56.7 Å². The Morgan fingerprint density at radius 3 is 2.49 bits per heavy atom. The standard InChI is InChI=1S/C24H33F3N4O5S/c1-16-4-5-18(20(28-16)14-21(32)29-37(34,35)19-6-7-19)15-31-11-3-8-23(31)9-12-30(13-10-23)22(33)36-17(2)24(25,26)27/h4-5,17,19H,3,6-15H2,1-2H3,(H,29,32). The number of rotatable bonds is 7. The topological polar surface area (TPSA) is 109 Å². The van der Waals surface area contributed by atoms with Crippen LogP contribution in [0.2, 0.25) is 0 Å². The highest BCUT2D eigenvalue weighted by Crippen LogP contribution is 2.40. The molecule has 0 aromatic carbocycles. The highest BCUT2D eigenvalue weighted by molar-refractivity contribution is 7.90. The molecule has 37 heavy (non-hydrogen) atoms. The van der Waals surface area contributed by atoms with Crippen molar-refractivity contribution in [1.29, 1.82) is 0 Å². The van der Waals surface area contributed by atoms with E-state index in [0.717, 1.165) is 31.9 Å². The van der Waals surface area contributed by atoms with Gasteiger partial charge in [-0.3, -0.25) is 19.4 Å². The number of nitrogens with one attached hydrogen (secondary N) is 1. The van der Waals surface area contributed by atoms with Crippen LogP contribution in [0.4, 0.5) is 18.0 Å². The van der Waals surface area contributed by atoms with Gasteiger partial charge in [0.1, 0.15) is 0 Å². The van der Waals surface area contributed by atoms with Crippen LogP contribution in [0.5, 0.6) is 0 Å². The van der Waals surface area contributed by atoms with Crippen LogP contribution in [0, 0.1) is 6.92 Å². The van der Waals surface area contributed by atoms with Gasteiger partial charge in [-0.15, -0.1) is 0 Å². The van der Waals surface area contributed by atoms with E-state index >= 15 is 0 Å². The van der Waals surface area contributed by atoms with Crippen LogP contribution in [0.15, 0.2) is 12.1 Å². The van der Waals surface area contributed by atoms with E-state index in [1.54, 1.807) is 6.92 Å². The molecule has 13 heteroatoms. The van der Waals surface area contributed by atoms with Crippen molar-refractivity contribution in [2.24, 2.45) is 0 Å². The number of hydrogen-bond acceptors (Lipinski definition) is 7. The monoisotopic (exact) mass is 546 g/mol. The number of halogens is 3. The number of likely N-dealkylation sites (tertiary alicyclic amines) is 2. The molecule has 1 spiro atoms. The number of nitrogens with zero attached hydrogens (tertiary/aromatic N) is 3. The highest BCUT2D eigenvalue weighted by atomic mass is 32.2. The molecule has 2 aliphatic heterocycles. The third-order valence-electron chi connectivity index (χ3n) is 7.55. The van der Waals surface area contributed by atoms with E-state index in [-0.39, 0.29) is 12.0 Å². The van der Waals surface area contributed by atoms with Crippen molar-refractivity contribution in [3.63, 3.8) is 0 Å². The molecule has 1 aromatic heterocycles. The lowest BCUT2D eigenvalue weighted by Gasteiger charge is -2.45. The number of carbonyl (C=O) groups is 2. The van der Waals surface area contributed by atoms with Gasteiger partial charge >= 0.3 is 12.3 Å². The number of hydrogen-bond donors (Lipinski definition) is 1. The maximum absolute atomic E-state index is 12.8. The minimum Gasteiger partial charge on any atom is -0.437 e. The molecule has 1 aliphatic carbocycles. The average Bonchev–Trinajstić information content (AvgIpc) is 3.60. The summed E-state index contributed by atoms with van der Waals surface area (Å²) in [5, 5.41) is -0.495. The van der Waals surface area contributed by atoms with E-state index in [4.69, 9.17) is 0 Å². The second kappa shape index (κ2) is 10.4. The first kappa shape index (κ1) is 27.6. The Labute approximate surface area is 214 Å². The largest absolute Gasteiger partial charge is 0.437 e. The summed E-state index contributed by atoms with van der Waals surface area (Å²) in [5.74, 6) is -0.609. The van der Waals surface area contributed by atoms with E-state index in [1.807, 2.05) is 12.1 Å². The zero-order chi connectivity index (χ0) is 27.0. The van der Waals surface area contributed by atoms with Crippen LogP contribution in [-0.4, -0.2) is 77.9 Å². The molecule has 1 saturated carbocycles. The van der Waals surface area contributed by atoms with E-state index in [2.05, 4.69) is 19.3 Å². The summed E-state index contributed by atoms with van der Waals surface area (Å²) >= 11 is 0. The van der Waals surface area contributed by atoms with Crippen LogP contribution < -0.4 is 4.72 Å². The van der Waals surface area contributed by atoms with Gasteiger partial charge in [0, 0.05) is 30.9 Å². The molecule has 206 valence electrons. The summed E-state index contributed by atoms with van der Waals surface area (Å²) in [6, 6.07) is 3.75. The lowest BCUT2D eigenvalue weighted by molar-refractivity contribution is -0.200. The fourth-order valence-electron chi connectivity index (χ4n) is 5.16. The molecule has 0 radical (unpaired) electrons. The maximum Gasteiger partial charge on any atom is 0.425 e. The normalized spacial score (nSPS) is 21.2. The van der Waals surface area contributed by atoms with Gasteiger partial charge in [-0.25, -0.2) is 13.2 Å².